The molecule has 18 heavy (non-hydrogen) atoms. The summed E-state index contributed by atoms with van der Waals surface area (Å²) in [6.45, 7) is 4.05. The van der Waals surface area contributed by atoms with E-state index in [2.05, 4.69) is 14.7 Å². The van der Waals surface area contributed by atoms with E-state index in [1.807, 2.05) is 32.0 Å². The molecule has 1 aromatic carbocycles. The van der Waals surface area contributed by atoms with E-state index in [4.69, 9.17) is 0 Å². The van der Waals surface area contributed by atoms with E-state index >= 15 is 0 Å². The van der Waals surface area contributed by atoms with Gasteiger partial charge in [-0.3, -0.25) is 0 Å². The maximum Gasteiger partial charge on any atom is 0.211 e. The first kappa shape index (κ1) is 13.0. The van der Waals surface area contributed by atoms with Crippen LogP contribution in [0.2, 0.25) is 0 Å². The number of rotatable bonds is 5. The number of benzene rings is 1. The number of H-pyrrole nitrogens is 1. The Bertz CT molecular complexity index is 646. The van der Waals surface area contributed by atoms with Gasteiger partial charge >= 0.3 is 0 Å². The third kappa shape index (κ3) is 3.08. The first-order valence-electron chi connectivity index (χ1n) is 5.93. The van der Waals surface area contributed by atoms with Gasteiger partial charge in [-0.15, -0.1) is 0 Å². The van der Waals surface area contributed by atoms with E-state index in [-0.39, 0.29) is 5.75 Å². The van der Waals surface area contributed by atoms with Gasteiger partial charge in [0.25, 0.3) is 0 Å². The molecule has 0 fully saturated rings. The lowest BCUT2D eigenvalue weighted by Crippen LogP contribution is -2.25. The number of hydrogen-bond acceptors (Lipinski definition) is 3. The number of nitrogens with one attached hydrogen (secondary N) is 2. The maximum absolute atomic E-state index is 11.5. The monoisotopic (exact) mass is 267 g/mol. The average molecular weight is 267 g/mol. The second-order valence-corrected chi connectivity index (χ2v) is 6.24. The summed E-state index contributed by atoms with van der Waals surface area (Å²) >= 11 is 0. The van der Waals surface area contributed by atoms with Gasteiger partial charge in [0.05, 0.1) is 16.8 Å². The number of aromatic amines is 1. The highest BCUT2D eigenvalue weighted by atomic mass is 32.2. The predicted octanol–water partition coefficient (Wildman–Crippen LogP) is 1.70. The summed E-state index contributed by atoms with van der Waals surface area (Å²) in [5.74, 6) is 1.02. The lowest BCUT2D eigenvalue weighted by Gasteiger charge is -2.05. The van der Waals surface area contributed by atoms with Gasteiger partial charge in [0, 0.05) is 6.54 Å². The average Bonchev–Trinajstić information content (AvgIpc) is 2.65. The molecule has 0 amide bonds. The van der Waals surface area contributed by atoms with Crippen molar-refractivity contribution in [2.75, 3.05) is 5.75 Å². The summed E-state index contributed by atoms with van der Waals surface area (Å²) in [7, 11) is -3.15. The van der Waals surface area contributed by atoms with Crippen molar-refractivity contribution in [3.8, 4) is 0 Å². The molecule has 0 aliphatic rings. The van der Waals surface area contributed by atoms with Crippen LogP contribution in [0.1, 0.15) is 24.7 Å². The first-order valence-corrected chi connectivity index (χ1v) is 7.58. The molecule has 5 nitrogen and oxygen atoms in total. The van der Waals surface area contributed by atoms with Crippen LogP contribution in [-0.2, 0) is 16.6 Å². The topological polar surface area (TPSA) is 74.8 Å². The standard InChI is InChI=1S/C12H17N3O2S/c1-3-6-18(16,17)13-8-10-4-5-11-12(7-10)15-9(2)14-11/h4-5,7,13H,3,6,8H2,1-2H3,(H,14,15). The fourth-order valence-electron chi connectivity index (χ4n) is 1.83. The molecule has 2 rings (SSSR count). The van der Waals surface area contributed by atoms with E-state index in [0.717, 1.165) is 22.4 Å². The van der Waals surface area contributed by atoms with Gasteiger partial charge in [0.2, 0.25) is 10.0 Å². The van der Waals surface area contributed by atoms with Crippen LogP contribution in [0, 0.1) is 6.92 Å². The second kappa shape index (κ2) is 5.07. The van der Waals surface area contributed by atoms with Crippen LogP contribution in [0.3, 0.4) is 0 Å². The van der Waals surface area contributed by atoms with Crippen LogP contribution in [0.4, 0.5) is 0 Å². The molecule has 1 aromatic heterocycles. The number of hydrogen-bond donors (Lipinski definition) is 2. The number of fused-ring (bicyclic) bond motifs is 1. The zero-order valence-corrected chi connectivity index (χ0v) is 11.3. The molecule has 0 unspecified atom stereocenters. The van der Waals surface area contributed by atoms with Gasteiger partial charge < -0.3 is 4.98 Å². The smallest absolute Gasteiger partial charge is 0.211 e. The molecule has 0 saturated heterocycles. The lowest BCUT2D eigenvalue weighted by molar-refractivity contribution is 0.580. The third-order valence-corrected chi connectivity index (χ3v) is 4.16. The molecule has 0 bridgehead atoms. The molecule has 0 saturated carbocycles. The fourth-order valence-corrected chi connectivity index (χ4v) is 2.90. The van der Waals surface area contributed by atoms with Crippen molar-refractivity contribution >= 4 is 21.1 Å². The quantitative estimate of drug-likeness (QED) is 0.865. The summed E-state index contributed by atoms with van der Waals surface area (Å²) in [6, 6.07) is 5.70. The molecule has 98 valence electrons. The summed E-state index contributed by atoms with van der Waals surface area (Å²) in [5, 5.41) is 0. The Morgan fingerprint density at radius 2 is 2.17 bits per heavy atom. The number of aryl methyl sites for hydroxylation is 1. The predicted molar refractivity (Wildman–Crippen MR) is 71.7 cm³/mol. The molecule has 6 heteroatoms. The van der Waals surface area contributed by atoms with Crippen molar-refractivity contribution in [1.82, 2.24) is 14.7 Å². The van der Waals surface area contributed by atoms with Crippen LogP contribution in [0.15, 0.2) is 18.2 Å². The summed E-state index contributed by atoms with van der Waals surface area (Å²) < 4.78 is 25.7. The molecule has 0 spiro atoms. The minimum absolute atomic E-state index is 0.165. The Hall–Kier alpha value is -1.40. The van der Waals surface area contributed by atoms with Crippen molar-refractivity contribution in [2.45, 2.75) is 26.8 Å². The molecule has 0 atom stereocenters. The van der Waals surface area contributed by atoms with Crippen molar-refractivity contribution in [3.63, 3.8) is 0 Å². The van der Waals surface area contributed by atoms with Crippen molar-refractivity contribution in [2.24, 2.45) is 0 Å². The van der Waals surface area contributed by atoms with Gasteiger partial charge in [-0.05, 0) is 31.0 Å². The van der Waals surface area contributed by atoms with Crippen LogP contribution < -0.4 is 4.72 Å². The van der Waals surface area contributed by atoms with Crippen LogP contribution >= 0.6 is 0 Å². The van der Waals surface area contributed by atoms with E-state index in [1.165, 1.54) is 0 Å². The van der Waals surface area contributed by atoms with Gasteiger partial charge in [-0.2, -0.15) is 0 Å². The van der Waals surface area contributed by atoms with Crippen LogP contribution in [-0.4, -0.2) is 24.1 Å². The highest BCUT2D eigenvalue weighted by molar-refractivity contribution is 7.89. The van der Waals surface area contributed by atoms with Crippen LogP contribution in [0.5, 0.6) is 0 Å². The molecule has 0 aliphatic heterocycles. The minimum Gasteiger partial charge on any atom is -0.342 e. The third-order valence-electron chi connectivity index (χ3n) is 2.63. The van der Waals surface area contributed by atoms with E-state index in [0.29, 0.717) is 13.0 Å². The van der Waals surface area contributed by atoms with Crippen LogP contribution in [0.25, 0.3) is 11.0 Å². The molecule has 0 radical (unpaired) electrons. The van der Waals surface area contributed by atoms with Crippen molar-refractivity contribution in [3.05, 3.63) is 29.6 Å². The van der Waals surface area contributed by atoms with E-state index in [9.17, 15) is 8.42 Å². The molecular formula is C12H17N3O2S. The Kier molecular flexibility index (Phi) is 3.68. The summed E-state index contributed by atoms with van der Waals surface area (Å²) in [5.41, 5.74) is 2.75. The van der Waals surface area contributed by atoms with Gasteiger partial charge in [0.1, 0.15) is 5.82 Å². The largest absolute Gasteiger partial charge is 0.342 e. The Labute approximate surface area is 107 Å². The van der Waals surface area contributed by atoms with Gasteiger partial charge in [-0.1, -0.05) is 13.0 Å². The number of sulfonamides is 1. The van der Waals surface area contributed by atoms with E-state index in [1.54, 1.807) is 0 Å². The fraction of sp³-hybridized carbons (Fsp3) is 0.417. The van der Waals surface area contributed by atoms with Gasteiger partial charge in [0.15, 0.2) is 0 Å². The molecule has 1 heterocycles. The highest BCUT2D eigenvalue weighted by Crippen LogP contribution is 2.13. The normalized spacial score (nSPS) is 12.1. The first-order chi connectivity index (χ1) is 8.50. The number of aromatic nitrogens is 2. The lowest BCUT2D eigenvalue weighted by atomic mass is 10.2. The summed E-state index contributed by atoms with van der Waals surface area (Å²) in [4.78, 5) is 7.43. The number of nitrogens with zero attached hydrogens (tertiary/aromatic N) is 1. The SMILES string of the molecule is CCCS(=O)(=O)NCc1ccc2nc(C)[nH]c2c1. The molecule has 2 N–H and O–H groups in total. The Balaban J connectivity index is 2.12. The van der Waals surface area contributed by atoms with Crippen molar-refractivity contribution in [1.29, 1.82) is 0 Å². The molecule has 0 aliphatic carbocycles. The highest BCUT2D eigenvalue weighted by Gasteiger charge is 2.08. The Morgan fingerprint density at radius 1 is 1.39 bits per heavy atom. The van der Waals surface area contributed by atoms with E-state index < -0.39 is 10.0 Å². The minimum atomic E-state index is -3.15. The molecular weight excluding hydrogens is 250 g/mol. The number of imidazole rings is 1. The zero-order valence-electron chi connectivity index (χ0n) is 10.5. The maximum atomic E-state index is 11.5. The zero-order chi connectivity index (χ0) is 13.2. The summed E-state index contributed by atoms with van der Waals surface area (Å²) in [6.07, 6.45) is 0.619. The molecule has 2 aromatic rings. The second-order valence-electron chi connectivity index (χ2n) is 4.31. The van der Waals surface area contributed by atoms with Crippen molar-refractivity contribution < 1.29 is 8.42 Å². The van der Waals surface area contributed by atoms with Gasteiger partial charge in [-0.25, -0.2) is 18.1 Å². The Morgan fingerprint density at radius 3 is 2.89 bits per heavy atom.